The first-order valence-electron chi connectivity index (χ1n) is 4.89. The lowest BCUT2D eigenvalue weighted by Crippen LogP contribution is -2.47. The van der Waals surface area contributed by atoms with Gasteiger partial charge >= 0.3 is 5.97 Å². The number of carboxylic acids is 1. The molecule has 13 heavy (non-hydrogen) atoms. The molecule has 0 aromatic heterocycles. The third-order valence-corrected chi connectivity index (χ3v) is 2.41. The zero-order valence-electron chi connectivity index (χ0n) is 8.07. The Bertz CT molecular complexity index is 180. The van der Waals surface area contributed by atoms with Gasteiger partial charge in [-0.25, -0.2) is 0 Å². The second-order valence-corrected chi connectivity index (χ2v) is 3.56. The molecule has 0 aromatic carbocycles. The maximum absolute atomic E-state index is 10.9. The van der Waals surface area contributed by atoms with Crippen LogP contribution in [0.5, 0.6) is 0 Å². The number of carboxylic acid groups (broad SMARTS) is 1. The number of nitrogens with two attached hydrogens (primary N) is 1. The maximum atomic E-state index is 10.9. The van der Waals surface area contributed by atoms with E-state index in [0.29, 0.717) is 6.04 Å². The van der Waals surface area contributed by atoms with Crippen LogP contribution in [0.1, 0.15) is 26.2 Å². The smallest absolute Gasteiger partial charge is 0.322 e. The monoisotopic (exact) mass is 186 g/mol. The minimum Gasteiger partial charge on any atom is -0.480 e. The average Bonchev–Trinajstić information content (AvgIpc) is 2.86. The molecule has 1 rings (SSSR count). The van der Waals surface area contributed by atoms with Crippen molar-refractivity contribution < 1.29 is 9.90 Å². The maximum Gasteiger partial charge on any atom is 0.322 e. The minimum absolute atomic E-state index is 0.214. The van der Waals surface area contributed by atoms with Crippen molar-refractivity contribution in [1.29, 1.82) is 0 Å². The van der Waals surface area contributed by atoms with E-state index < -0.39 is 12.0 Å². The number of aliphatic carboxylic acids is 1. The summed E-state index contributed by atoms with van der Waals surface area (Å²) in [6.45, 7) is 3.12. The molecule has 0 saturated heterocycles. The molecule has 4 nitrogen and oxygen atoms in total. The van der Waals surface area contributed by atoms with Crippen molar-refractivity contribution in [2.75, 3.05) is 13.1 Å². The Morgan fingerprint density at radius 1 is 1.69 bits per heavy atom. The highest BCUT2D eigenvalue weighted by atomic mass is 16.4. The standard InChI is InChI=1S/C9H18N2O2/c1-2-5-11(7-3-4-7)8(6-10)9(12)13/h7-8H,2-6,10H2,1H3,(H,12,13). The fourth-order valence-electron chi connectivity index (χ4n) is 1.64. The van der Waals surface area contributed by atoms with E-state index in [-0.39, 0.29) is 6.54 Å². The van der Waals surface area contributed by atoms with Crippen LogP contribution in [0.4, 0.5) is 0 Å². The van der Waals surface area contributed by atoms with E-state index in [0.717, 1.165) is 25.8 Å². The van der Waals surface area contributed by atoms with E-state index in [1.54, 1.807) is 0 Å². The SMILES string of the molecule is CCCN(C1CC1)C(CN)C(=O)O. The van der Waals surface area contributed by atoms with Gasteiger partial charge in [-0.15, -0.1) is 0 Å². The summed E-state index contributed by atoms with van der Waals surface area (Å²) in [7, 11) is 0. The predicted octanol–water partition coefficient (Wildman–Crippen LogP) is 0.273. The quantitative estimate of drug-likeness (QED) is 0.625. The first-order valence-corrected chi connectivity index (χ1v) is 4.89. The molecule has 0 spiro atoms. The van der Waals surface area contributed by atoms with E-state index >= 15 is 0 Å². The summed E-state index contributed by atoms with van der Waals surface area (Å²) in [5.41, 5.74) is 5.45. The van der Waals surface area contributed by atoms with Crippen LogP contribution < -0.4 is 5.73 Å². The van der Waals surface area contributed by atoms with Crippen LogP contribution in [0.3, 0.4) is 0 Å². The normalized spacial score (nSPS) is 19.0. The Morgan fingerprint density at radius 2 is 2.31 bits per heavy atom. The molecule has 0 bridgehead atoms. The van der Waals surface area contributed by atoms with E-state index in [1.165, 1.54) is 0 Å². The second-order valence-electron chi connectivity index (χ2n) is 3.56. The Morgan fingerprint density at radius 3 is 2.62 bits per heavy atom. The number of nitrogens with zero attached hydrogens (tertiary/aromatic N) is 1. The molecule has 76 valence electrons. The van der Waals surface area contributed by atoms with Crippen LogP contribution in [-0.4, -0.2) is 41.1 Å². The largest absolute Gasteiger partial charge is 0.480 e. The van der Waals surface area contributed by atoms with Crippen LogP contribution >= 0.6 is 0 Å². The highest BCUT2D eigenvalue weighted by molar-refractivity contribution is 5.73. The van der Waals surface area contributed by atoms with Gasteiger partial charge in [0.25, 0.3) is 0 Å². The number of rotatable bonds is 6. The Balaban J connectivity index is 2.54. The summed E-state index contributed by atoms with van der Waals surface area (Å²) in [6, 6.07) is -0.00273. The molecular formula is C9H18N2O2. The fourth-order valence-corrected chi connectivity index (χ4v) is 1.64. The van der Waals surface area contributed by atoms with Gasteiger partial charge in [-0.05, 0) is 25.8 Å². The number of carbonyl (C=O) groups is 1. The summed E-state index contributed by atoms with van der Waals surface area (Å²) in [5.74, 6) is -0.789. The van der Waals surface area contributed by atoms with E-state index in [4.69, 9.17) is 10.8 Å². The van der Waals surface area contributed by atoms with Crippen LogP contribution in [-0.2, 0) is 4.79 Å². The van der Waals surface area contributed by atoms with Crippen molar-refractivity contribution >= 4 is 5.97 Å². The van der Waals surface area contributed by atoms with Gasteiger partial charge in [-0.3, -0.25) is 9.69 Å². The number of hydrogen-bond donors (Lipinski definition) is 2. The first kappa shape index (κ1) is 10.5. The van der Waals surface area contributed by atoms with Gasteiger partial charge in [-0.1, -0.05) is 6.92 Å². The zero-order valence-corrected chi connectivity index (χ0v) is 8.07. The Hall–Kier alpha value is -0.610. The molecule has 1 saturated carbocycles. The highest BCUT2D eigenvalue weighted by Gasteiger charge is 2.35. The zero-order chi connectivity index (χ0) is 9.84. The molecule has 1 aliphatic carbocycles. The molecule has 1 unspecified atom stereocenters. The summed E-state index contributed by atoms with van der Waals surface area (Å²) in [6.07, 6.45) is 3.24. The van der Waals surface area contributed by atoms with Crippen molar-refractivity contribution in [2.24, 2.45) is 5.73 Å². The van der Waals surface area contributed by atoms with Gasteiger partial charge in [0.1, 0.15) is 6.04 Å². The molecule has 0 heterocycles. The van der Waals surface area contributed by atoms with Crippen molar-refractivity contribution in [1.82, 2.24) is 4.90 Å². The topological polar surface area (TPSA) is 66.6 Å². The first-order chi connectivity index (χ1) is 6.20. The third-order valence-electron chi connectivity index (χ3n) is 2.41. The molecule has 0 radical (unpaired) electrons. The summed E-state index contributed by atoms with van der Waals surface area (Å²) in [4.78, 5) is 12.9. The summed E-state index contributed by atoms with van der Waals surface area (Å²) in [5, 5.41) is 8.93. The molecule has 0 aromatic rings. The molecule has 4 heteroatoms. The van der Waals surface area contributed by atoms with Gasteiger partial charge in [0.15, 0.2) is 0 Å². The van der Waals surface area contributed by atoms with Crippen LogP contribution in [0.15, 0.2) is 0 Å². The predicted molar refractivity (Wildman–Crippen MR) is 50.5 cm³/mol. The van der Waals surface area contributed by atoms with Gasteiger partial charge < -0.3 is 10.8 Å². The fraction of sp³-hybridized carbons (Fsp3) is 0.889. The Kier molecular flexibility index (Phi) is 3.69. The molecule has 1 aliphatic rings. The van der Waals surface area contributed by atoms with Gasteiger partial charge in [0.2, 0.25) is 0 Å². The average molecular weight is 186 g/mol. The van der Waals surface area contributed by atoms with Crippen molar-refractivity contribution in [2.45, 2.75) is 38.3 Å². The molecule has 0 aliphatic heterocycles. The van der Waals surface area contributed by atoms with Gasteiger partial charge in [0, 0.05) is 12.6 Å². The third kappa shape index (κ3) is 2.67. The van der Waals surface area contributed by atoms with Crippen LogP contribution in [0, 0.1) is 0 Å². The molecule has 3 N–H and O–H groups in total. The molecule has 0 amide bonds. The lowest BCUT2D eigenvalue weighted by atomic mass is 10.2. The van der Waals surface area contributed by atoms with E-state index in [9.17, 15) is 4.79 Å². The summed E-state index contributed by atoms with van der Waals surface area (Å²) >= 11 is 0. The second kappa shape index (κ2) is 4.58. The minimum atomic E-state index is -0.789. The van der Waals surface area contributed by atoms with Crippen molar-refractivity contribution in [3.63, 3.8) is 0 Å². The Labute approximate surface area is 78.7 Å². The lowest BCUT2D eigenvalue weighted by molar-refractivity contribution is -0.143. The summed E-state index contributed by atoms with van der Waals surface area (Å²) < 4.78 is 0. The molecule has 1 fully saturated rings. The van der Waals surface area contributed by atoms with E-state index in [2.05, 4.69) is 6.92 Å². The van der Waals surface area contributed by atoms with Gasteiger partial charge in [0.05, 0.1) is 0 Å². The van der Waals surface area contributed by atoms with Crippen LogP contribution in [0.2, 0.25) is 0 Å². The van der Waals surface area contributed by atoms with E-state index in [1.807, 2.05) is 4.90 Å². The number of hydrogen-bond acceptors (Lipinski definition) is 3. The van der Waals surface area contributed by atoms with Crippen molar-refractivity contribution in [3.05, 3.63) is 0 Å². The molecular weight excluding hydrogens is 168 g/mol. The molecule has 1 atom stereocenters. The lowest BCUT2D eigenvalue weighted by Gasteiger charge is -2.27. The van der Waals surface area contributed by atoms with Crippen LogP contribution in [0.25, 0.3) is 0 Å². The van der Waals surface area contributed by atoms with Gasteiger partial charge in [-0.2, -0.15) is 0 Å². The highest BCUT2D eigenvalue weighted by Crippen LogP contribution is 2.28. The van der Waals surface area contributed by atoms with Crippen molar-refractivity contribution in [3.8, 4) is 0 Å².